The van der Waals surface area contributed by atoms with E-state index in [0.29, 0.717) is 35.3 Å². The number of aliphatic hydroxyl groups is 2. The van der Waals surface area contributed by atoms with Gasteiger partial charge < -0.3 is 20.0 Å². The van der Waals surface area contributed by atoms with Crippen molar-refractivity contribution in [2.24, 2.45) is 5.92 Å². The number of aliphatic hydroxyl groups excluding tert-OH is 1. The molecule has 0 bridgehead atoms. The Hall–Kier alpha value is -5.25. The number of rotatable bonds is 8. The predicted octanol–water partition coefficient (Wildman–Crippen LogP) is 4.58. The number of hydrogen-bond donors (Lipinski definition) is 3. The Morgan fingerprint density at radius 3 is 2.53 bits per heavy atom. The number of fused-ring (bicyclic) bond motifs is 3. The Kier molecular flexibility index (Phi) is 7.87. The SMILES string of the molecule is C[C@H](/C=C/CC(=O)N1Cc2ccccc2C[C@H]1CO)[C@@]1(O)C(=O)N(Cc2cccc(-n3[nH]c4ccccc4c3=O)c2)c2ccccc21. The zero-order valence-electron chi connectivity index (χ0n) is 26.0. The van der Waals surface area contributed by atoms with Crippen LogP contribution in [0.4, 0.5) is 5.69 Å². The maximum atomic E-state index is 14.1. The van der Waals surface area contributed by atoms with Gasteiger partial charge in [-0.1, -0.05) is 85.8 Å². The first kappa shape index (κ1) is 30.4. The first-order valence-corrected chi connectivity index (χ1v) is 15.9. The van der Waals surface area contributed by atoms with Crippen molar-refractivity contribution in [2.45, 2.75) is 44.5 Å². The number of para-hydroxylation sites is 2. The highest BCUT2D eigenvalue weighted by Crippen LogP contribution is 2.45. The molecule has 0 spiro atoms. The summed E-state index contributed by atoms with van der Waals surface area (Å²) in [4.78, 5) is 43.7. The van der Waals surface area contributed by atoms with Crippen molar-refractivity contribution < 1.29 is 19.8 Å². The quantitative estimate of drug-likeness (QED) is 0.218. The molecule has 3 heterocycles. The molecule has 1 aromatic heterocycles. The lowest BCUT2D eigenvalue weighted by molar-refractivity contribution is -0.139. The number of benzene rings is 4. The topological polar surface area (TPSA) is 119 Å². The summed E-state index contributed by atoms with van der Waals surface area (Å²) >= 11 is 0. The van der Waals surface area contributed by atoms with Crippen molar-refractivity contribution in [2.75, 3.05) is 11.5 Å². The summed E-state index contributed by atoms with van der Waals surface area (Å²) < 4.78 is 1.49. The summed E-state index contributed by atoms with van der Waals surface area (Å²) in [6.45, 7) is 2.28. The smallest absolute Gasteiger partial charge is 0.279 e. The van der Waals surface area contributed by atoms with Gasteiger partial charge in [-0.25, -0.2) is 4.68 Å². The summed E-state index contributed by atoms with van der Waals surface area (Å²) in [7, 11) is 0. The van der Waals surface area contributed by atoms with Crippen LogP contribution >= 0.6 is 0 Å². The van der Waals surface area contributed by atoms with Crippen molar-refractivity contribution in [1.82, 2.24) is 14.7 Å². The van der Waals surface area contributed by atoms with Crippen LogP contribution < -0.4 is 10.5 Å². The molecule has 4 aromatic carbocycles. The lowest BCUT2D eigenvalue weighted by Gasteiger charge is -2.36. The van der Waals surface area contributed by atoms with E-state index in [9.17, 15) is 24.6 Å². The second-order valence-electron chi connectivity index (χ2n) is 12.4. The van der Waals surface area contributed by atoms with Gasteiger partial charge in [-0.3, -0.25) is 19.5 Å². The molecule has 3 N–H and O–H groups in total. The molecule has 2 amide bonds. The van der Waals surface area contributed by atoms with Gasteiger partial charge in [0.05, 0.1) is 41.5 Å². The fraction of sp³-hybridized carbons (Fsp3) is 0.237. The second kappa shape index (κ2) is 12.2. The Bertz CT molecular complexity index is 2080. The van der Waals surface area contributed by atoms with Gasteiger partial charge in [0, 0.05) is 24.4 Å². The fourth-order valence-corrected chi connectivity index (χ4v) is 6.95. The molecule has 3 atom stereocenters. The molecule has 47 heavy (non-hydrogen) atoms. The maximum Gasteiger partial charge on any atom is 0.279 e. The monoisotopic (exact) mass is 628 g/mol. The highest BCUT2D eigenvalue weighted by atomic mass is 16.3. The fourth-order valence-electron chi connectivity index (χ4n) is 6.95. The molecule has 9 heteroatoms. The van der Waals surface area contributed by atoms with Gasteiger partial charge in [-0.05, 0) is 53.4 Å². The summed E-state index contributed by atoms with van der Waals surface area (Å²) in [5.74, 6) is -1.22. The van der Waals surface area contributed by atoms with E-state index in [0.717, 1.165) is 22.2 Å². The van der Waals surface area contributed by atoms with Crippen LogP contribution in [-0.2, 0) is 34.7 Å². The van der Waals surface area contributed by atoms with Gasteiger partial charge in [0.15, 0.2) is 5.60 Å². The first-order valence-electron chi connectivity index (χ1n) is 15.9. The first-order chi connectivity index (χ1) is 22.8. The van der Waals surface area contributed by atoms with Crippen LogP contribution in [0.5, 0.6) is 0 Å². The van der Waals surface area contributed by atoms with E-state index in [4.69, 9.17) is 0 Å². The maximum absolute atomic E-state index is 14.1. The van der Waals surface area contributed by atoms with E-state index < -0.39 is 17.4 Å². The number of H-pyrrole nitrogens is 1. The molecule has 2 aliphatic rings. The largest absolute Gasteiger partial charge is 0.394 e. The number of aromatic amines is 1. The van der Waals surface area contributed by atoms with Gasteiger partial charge >= 0.3 is 0 Å². The molecular weight excluding hydrogens is 592 g/mol. The molecule has 0 saturated carbocycles. The van der Waals surface area contributed by atoms with E-state index in [2.05, 4.69) is 5.10 Å². The van der Waals surface area contributed by atoms with E-state index in [1.54, 1.807) is 47.1 Å². The Labute approximate surface area is 272 Å². The molecule has 238 valence electrons. The van der Waals surface area contributed by atoms with Gasteiger partial charge in [0.2, 0.25) is 5.91 Å². The van der Waals surface area contributed by atoms with Crippen LogP contribution in [0.3, 0.4) is 0 Å². The number of carbonyl (C=O) groups is 2. The van der Waals surface area contributed by atoms with E-state index >= 15 is 0 Å². The minimum Gasteiger partial charge on any atom is -0.394 e. The van der Waals surface area contributed by atoms with Gasteiger partial charge in [0.1, 0.15) is 0 Å². The summed E-state index contributed by atoms with van der Waals surface area (Å²) in [5, 5.41) is 25.8. The van der Waals surface area contributed by atoms with Crippen LogP contribution in [0.15, 0.2) is 114 Å². The normalized spacial score (nSPS) is 19.7. The number of nitrogens with one attached hydrogen (secondary N) is 1. The molecule has 0 unspecified atom stereocenters. The molecule has 7 rings (SSSR count). The molecule has 9 nitrogen and oxygen atoms in total. The minimum atomic E-state index is -1.83. The average molecular weight is 629 g/mol. The zero-order chi connectivity index (χ0) is 32.7. The zero-order valence-corrected chi connectivity index (χ0v) is 26.0. The lowest BCUT2D eigenvalue weighted by atomic mass is 9.83. The average Bonchev–Trinajstić information content (AvgIpc) is 3.55. The van der Waals surface area contributed by atoms with Crippen LogP contribution in [0, 0.1) is 5.92 Å². The molecule has 5 aromatic rings. The third-order valence-corrected chi connectivity index (χ3v) is 9.54. The highest BCUT2D eigenvalue weighted by Gasteiger charge is 2.52. The van der Waals surface area contributed by atoms with Gasteiger partial charge in [-0.15, -0.1) is 0 Å². The predicted molar refractivity (Wildman–Crippen MR) is 180 cm³/mol. The van der Waals surface area contributed by atoms with Crippen LogP contribution in [-0.4, -0.2) is 49.4 Å². The Morgan fingerprint density at radius 1 is 0.979 bits per heavy atom. The highest BCUT2D eigenvalue weighted by molar-refractivity contribution is 6.07. The number of hydrogen-bond acceptors (Lipinski definition) is 5. The van der Waals surface area contributed by atoms with Gasteiger partial charge in [0.25, 0.3) is 11.5 Å². The Morgan fingerprint density at radius 2 is 1.72 bits per heavy atom. The molecule has 0 aliphatic carbocycles. The van der Waals surface area contributed by atoms with Crippen molar-refractivity contribution >= 4 is 28.4 Å². The summed E-state index contributed by atoms with van der Waals surface area (Å²) in [6.07, 6.45) is 4.12. The molecule has 2 aliphatic heterocycles. The third kappa shape index (κ3) is 5.27. The van der Waals surface area contributed by atoms with E-state index in [1.165, 1.54) is 4.68 Å². The van der Waals surface area contributed by atoms with E-state index in [1.807, 2.05) is 78.9 Å². The summed E-state index contributed by atoms with van der Waals surface area (Å²) in [6, 6.07) is 29.6. The number of aromatic nitrogens is 2. The Balaban J connectivity index is 1.10. The van der Waals surface area contributed by atoms with Crippen LogP contribution in [0.1, 0.15) is 35.6 Å². The number of carbonyl (C=O) groups excluding carboxylic acids is 2. The minimum absolute atomic E-state index is 0.0819. The number of amides is 2. The number of nitrogens with zero attached hydrogens (tertiary/aromatic N) is 3. The van der Waals surface area contributed by atoms with Crippen molar-refractivity contribution in [3.8, 4) is 5.69 Å². The van der Waals surface area contributed by atoms with Crippen molar-refractivity contribution in [3.63, 3.8) is 0 Å². The second-order valence-corrected chi connectivity index (χ2v) is 12.4. The van der Waals surface area contributed by atoms with Crippen molar-refractivity contribution in [3.05, 3.63) is 142 Å². The van der Waals surface area contributed by atoms with Gasteiger partial charge in [-0.2, -0.15) is 0 Å². The molecule has 0 fully saturated rings. The molecule has 0 radical (unpaired) electrons. The summed E-state index contributed by atoms with van der Waals surface area (Å²) in [5.41, 5.74) is 3.50. The molecular formula is C38H36N4O5. The lowest BCUT2D eigenvalue weighted by Crippen LogP contribution is -2.46. The third-order valence-electron chi connectivity index (χ3n) is 9.54. The number of anilines is 1. The van der Waals surface area contributed by atoms with E-state index in [-0.39, 0.29) is 37.1 Å². The van der Waals surface area contributed by atoms with Crippen LogP contribution in [0.2, 0.25) is 0 Å². The van der Waals surface area contributed by atoms with Crippen LogP contribution in [0.25, 0.3) is 16.6 Å². The standard InChI is InChI=1S/C38H36N4O5/c1-25(10-8-19-35(44)40-23-28-13-3-2-12-27(28)21-30(40)24-43)38(47)32-16-5-7-18-34(32)41(37(38)46)22-26-11-9-14-29(20-26)42-36(45)31-15-4-6-17-33(31)39-42/h2-18,20,25,30,39,43,47H,19,21-24H2,1H3/b10-8+/t25-,30+,38+/m1/s1. The molecule has 0 saturated heterocycles. The van der Waals surface area contributed by atoms with Crippen molar-refractivity contribution in [1.29, 1.82) is 0 Å².